The topological polar surface area (TPSA) is 50.5 Å². The van der Waals surface area contributed by atoms with Gasteiger partial charge in [-0.25, -0.2) is 4.98 Å². The Hall–Kier alpha value is -1.85. The molecule has 3 rings (SSSR count). The van der Waals surface area contributed by atoms with Gasteiger partial charge in [-0.3, -0.25) is 4.90 Å². The zero-order chi connectivity index (χ0) is 14.7. The smallest absolute Gasteiger partial charge is 0.122 e. The average molecular weight is 287 g/mol. The van der Waals surface area contributed by atoms with Crippen molar-refractivity contribution in [3.63, 3.8) is 0 Å². The van der Waals surface area contributed by atoms with Crippen LogP contribution in [-0.4, -0.2) is 45.4 Å². The summed E-state index contributed by atoms with van der Waals surface area (Å²) in [6, 6.07) is 7.87. The van der Waals surface area contributed by atoms with Crippen LogP contribution in [0, 0.1) is 6.92 Å². The number of β-amino-alcohol motifs (C(OH)–C–C–N with tert-alkyl or cyclic N) is 1. The van der Waals surface area contributed by atoms with Crippen molar-refractivity contribution in [3.8, 4) is 5.75 Å². The normalized spacial score (nSPS) is 16.5. The molecule has 1 aliphatic heterocycles. The van der Waals surface area contributed by atoms with Gasteiger partial charge in [-0.05, 0) is 19.1 Å². The van der Waals surface area contributed by atoms with Crippen LogP contribution in [0.3, 0.4) is 0 Å². The fraction of sp³-hybridized carbons (Fsp3) is 0.438. The zero-order valence-electron chi connectivity index (χ0n) is 12.3. The Kier molecular flexibility index (Phi) is 4.22. The number of aryl methyl sites for hydroxylation is 1. The van der Waals surface area contributed by atoms with E-state index in [1.807, 2.05) is 43.6 Å². The molecule has 0 bridgehead atoms. The van der Waals surface area contributed by atoms with E-state index in [0.717, 1.165) is 31.2 Å². The summed E-state index contributed by atoms with van der Waals surface area (Å²) in [5.41, 5.74) is 1.20. The number of hydrogen-bond donors (Lipinski definition) is 1. The molecule has 0 amide bonds. The van der Waals surface area contributed by atoms with E-state index in [1.165, 1.54) is 5.56 Å². The summed E-state index contributed by atoms with van der Waals surface area (Å²) in [7, 11) is 0. The summed E-state index contributed by atoms with van der Waals surface area (Å²) in [5, 5.41) is 10.1. The number of fused-ring (bicyclic) bond motifs is 1. The van der Waals surface area contributed by atoms with E-state index >= 15 is 0 Å². The van der Waals surface area contributed by atoms with Crippen molar-refractivity contribution >= 4 is 0 Å². The Bertz CT molecular complexity index is 579. The quantitative estimate of drug-likeness (QED) is 0.904. The molecule has 5 heteroatoms. The van der Waals surface area contributed by atoms with Gasteiger partial charge in [0.1, 0.15) is 24.3 Å². The highest BCUT2D eigenvalue weighted by atomic mass is 16.5. The van der Waals surface area contributed by atoms with Gasteiger partial charge in [0.2, 0.25) is 0 Å². The van der Waals surface area contributed by atoms with Crippen molar-refractivity contribution in [2.45, 2.75) is 26.1 Å². The summed E-state index contributed by atoms with van der Waals surface area (Å²) in [4.78, 5) is 6.54. The van der Waals surface area contributed by atoms with E-state index in [2.05, 4.69) is 14.5 Å². The van der Waals surface area contributed by atoms with Gasteiger partial charge in [-0.2, -0.15) is 0 Å². The number of aliphatic hydroxyl groups is 1. The molecule has 21 heavy (non-hydrogen) atoms. The summed E-state index contributed by atoms with van der Waals surface area (Å²) in [5.74, 6) is 1.86. The van der Waals surface area contributed by atoms with Gasteiger partial charge in [-0.15, -0.1) is 0 Å². The van der Waals surface area contributed by atoms with Crippen LogP contribution in [0.1, 0.15) is 11.4 Å². The molecule has 1 N–H and O–H groups in total. The van der Waals surface area contributed by atoms with Crippen LogP contribution in [0.25, 0.3) is 0 Å². The third kappa shape index (κ3) is 3.62. The Morgan fingerprint density at radius 2 is 2.10 bits per heavy atom. The second kappa shape index (κ2) is 6.28. The molecule has 1 aromatic carbocycles. The first-order chi connectivity index (χ1) is 10.2. The number of hydrogen-bond acceptors (Lipinski definition) is 4. The number of benzene rings is 1. The molecule has 0 aliphatic carbocycles. The van der Waals surface area contributed by atoms with E-state index in [9.17, 15) is 5.11 Å². The first kappa shape index (κ1) is 14.1. The molecule has 0 unspecified atom stereocenters. The van der Waals surface area contributed by atoms with E-state index in [4.69, 9.17) is 4.74 Å². The fourth-order valence-electron chi connectivity index (χ4n) is 2.56. The molecule has 0 fully saturated rings. The van der Waals surface area contributed by atoms with Crippen molar-refractivity contribution in [2.24, 2.45) is 0 Å². The lowest BCUT2D eigenvalue weighted by Crippen LogP contribution is -2.40. The van der Waals surface area contributed by atoms with Crippen LogP contribution in [0.4, 0.5) is 0 Å². The molecule has 1 aromatic heterocycles. The Morgan fingerprint density at radius 1 is 1.29 bits per heavy atom. The number of nitrogens with zero attached hydrogens (tertiary/aromatic N) is 3. The van der Waals surface area contributed by atoms with E-state index in [1.54, 1.807) is 0 Å². The highest BCUT2D eigenvalue weighted by Gasteiger charge is 2.19. The molecule has 2 heterocycles. The van der Waals surface area contributed by atoms with Gasteiger partial charge in [0.05, 0.1) is 6.54 Å². The minimum absolute atomic E-state index is 0.313. The molecule has 2 aromatic rings. The van der Waals surface area contributed by atoms with Crippen molar-refractivity contribution in [1.82, 2.24) is 14.5 Å². The minimum Gasteiger partial charge on any atom is -0.491 e. The maximum Gasteiger partial charge on any atom is 0.122 e. The summed E-state index contributed by atoms with van der Waals surface area (Å²) < 4.78 is 7.78. The Balaban J connectivity index is 1.46. The highest BCUT2D eigenvalue weighted by Crippen LogP contribution is 2.13. The molecule has 112 valence electrons. The highest BCUT2D eigenvalue weighted by molar-refractivity contribution is 5.26. The van der Waals surface area contributed by atoms with Crippen LogP contribution in [0.5, 0.6) is 5.75 Å². The second-order valence-electron chi connectivity index (χ2n) is 5.55. The van der Waals surface area contributed by atoms with Crippen LogP contribution in [-0.2, 0) is 13.1 Å². The van der Waals surface area contributed by atoms with Crippen LogP contribution in [0.2, 0.25) is 0 Å². The average Bonchev–Trinajstić information content (AvgIpc) is 2.94. The van der Waals surface area contributed by atoms with Crippen LogP contribution >= 0.6 is 0 Å². The standard InChI is InChI=1S/C16H21N3O2/c1-13-2-4-15(5-3-13)21-12-14(20)10-18-8-9-19-7-6-17-16(19)11-18/h2-7,14,20H,8-12H2,1H3/t14-/m1/s1. The SMILES string of the molecule is Cc1ccc(OC[C@H](O)CN2CCn3ccnc3C2)cc1. The maximum atomic E-state index is 10.1. The lowest BCUT2D eigenvalue weighted by atomic mass is 10.2. The van der Waals surface area contributed by atoms with Gasteiger partial charge < -0.3 is 14.4 Å². The van der Waals surface area contributed by atoms with Crippen molar-refractivity contribution in [2.75, 3.05) is 19.7 Å². The van der Waals surface area contributed by atoms with Gasteiger partial charge in [0.25, 0.3) is 0 Å². The Labute approximate surface area is 124 Å². The van der Waals surface area contributed by atoms with Gasteiger partial charge in [0.15, 0.2) is 0 Å². The number of aliphatic hydroxyl groups excluding tert-OH is 1. The summed E-state index contributed by atoms with van der Waals surface area (Å²) in [6.07, 6.45) is 3.34. The number of rotatable bonds is 5. The van der Waals surface area contributed by atoms with E-state index < -0.39 is 6.10 Å². The first-order valence-electron chi connectivity index (χ1n) is 7.30. The van der Waals surface area contributed by atoms with Crippen LogP contribution < -0.4 is 4.74 Å². The molecule has 0 spiro atoms. The molecule has 0 saturated carbocycles. The first-order valence-corrected chi connectivity index (χ1v) is 7.30. The van der Waals surface area contributed by atoms with Crippen LogP contribution in [0.15, 0.2) is 36.7 Å². The van der Waals surface area contributed by atoms with Gasteiger partial charge in [-0.1, -0.05) is 17.7 Å². The van der Waals surface area contributed by atoms with E-state index in [-0.39, 0.29) is 0 Å². The predicted molar refractivity (Wildman–Crippen MR) is 80.2 cm³/mol. The molecular formula is C16H21N3O2. The molecule has 1 atom stereocenters. The predicted octanol–water partition coefficient (Wildman–Crippen LogP) is 1.45. The van der Waals surface area contributed by atoms with Crippen molar-refractivity contribution in [1.29, 1.82) is 0 Å². The number of imidazole rings is 1. The zero-order valence-corrected chi connectivity index (χ0v) is 12.3. The molecule has 0 radical (unpaired) electrons. The van der Waals surface area contributed by atoms with Crippen molar-refractivity contribution in [3.05, 3.63) is 48.0 Å². The second-order valence-corrected chi connectivity index (χ2v) is 5.55. The Morgan fingerprint density at radius 3 is 2.90 bits per heavy atom. The third-order valence-corrected chi connectivity index (χ3v) is 3.76. The number of ether oxygens (including phenoxy) is 1. The molecular weight excluding hydrogens is 266 g/mol. The largest absolute Gasteiger partial charge is 0.491 e. The van der Waals surface area contributed by atoms with E-state index in [0.29, 0.717) is 13.2 Å². The third-order valence-electron chi connectivity index (χ3n) is 3.76. The van der Waals surface area contributed by atoms with Crippen molar-refractivity contribution < 1.29 is 9.84 Å². The summed E-state index contributed by atoms with van der Waals surface area (Å²) >= 11 is 0. The lowest BCUT2D eigenvalue weighted by molar-refractivity contribution is 0.0583. The lowest BCUT2D eigenvalue weighted by Gasteiger charge is -2.29. The molecule has 0 saturated heterocycles. The maximum absolute atomic E-state index is 10.1. The van der Waals surface area contributed by atoms with Gasteiger partial charge in [0, 0.05) is 32.0 Å². The van der Waals surface area contributed by atoms with Gasteiger partial charge >= 0.3 is 0 Å². The summed E-state index contributed by atoms with van der Waals surface area (Å²) in [6.45, 7) is 5.62. The molecule has 5 nitrogen and oxygen atoms in total. The monoisotopic (exact) mass is 287 g/mol. The number of aromatic nitrogens is 2. The minimum atomic E-state index is -0.493. The molecule has 1 aliphatic rings. The fourth-order valence-corrected chi connectivity index (χ4v) is 2.56.